The number of benzene rings is 1. The maximum Gasteiger partial charge on any atom is 0.243 e. The summed E-state index contributed by atoms with van der Waals surface area (Å²) in [4.78, 5) is 25.4. The smallest absolute Gasteiger partial charge is 0.243 e. The van der Waals surface area contributed by atoms with E-state index in [9.17, 15) is 9.59 Å². The van der Waals surface area contributed by atoms with Crippen molar-refractivity contribution < 1.29 is 9.59 Å². The summed E-state index contributed by atoms with van der Waals surface area (Å²) in [6.07, 6.45) is 2.58. The normalized spacial score (nSPS) is 16.7. The minimum atomic E-state index is -0.229. The molecule has 2 rings (SSSR count). The van der Waals surface area contributed by atoms with Crippen molar-refractivity contribution in [2.24, 2.45) is 0 Å². The van der Waals surface area contributed by atoms with Crippen molar-refractivity contribution in [3.63, 3.8) is 0 Å². The monoisotopic (exact) mass is 345 g/mol. The predicted molar refractivity (Wildman–Crippen MR) is 90.6 cm³/mol. The lowest BCUT2D eigenvalue weighted by molar-refractivity contribution is -0.133. The van der Waals surface area contributed by atoms with Crippen LogP contribution in [0.25, 0.3) is 0 Å². The van der Waals surface area contributed by atoms with Crippen LogP contribution < -0.4 is 10.6 Å². The van der Waals surface area contributed by atoms with Gasteiger partial charge in [0.2, 0.25) is 11.8 Å². The van der Waals surface area contributed by atoms with Gasteiger partial charge in [0, 0.05) is 30.2 Å². The Hall–Kier alpha value is -1.30. The van der Waals surface area contributed by atoms with Crippen LogP contribution in [0.2, 0.25) is 5.02 Å². The molecule has 7 heteroatoms. The Labute approximate surface area is 141 Å². The van der Waals surface area contributed by atoms with E-state index in [0.29, 0.717) is 17.1 Å². The van der Waals surface area contributed by atoms with Crippen molar-refractivity contribution in [3.8, 4) is 0 Å². The molecule has 0 aromatic heterocycles. The summed E-state index contributed by atoms with van der Waals surface area (Å²) in [5.74, 6) is -0.247. The van der Waals surface area contributed by atoms with Gasteiger partial charge < -0.3 is 15.5 Å². The lowest BCUT2D eigenvalue weighted by Gasteiger charge is -2.19. The molecule has 1 aliphatic rings. The Balaban J connectivity index is 0.00000242. The van der Waals surface area contributed by atoms with Gasteiger partial charge in [-0.1, -0.05) is 17.7 Å². The Kier molecular flexibility index (Phi) is 7.65. The number of rotatable bonds is 5. The van der Waals surface area contributed by atoms with E-state index in [-0.39, 0.29) is 36.8 Å². The fourth-order valence-corrected chi connectivity index (χ4v) is 2.56. The molecule has 1 fully saturated rings. The van der Waals surface area contributed by atoms with Gasteiger partial charge in [0.15, 0.2) is 0 Å². The molecular weight excluding hydrogens is 325 g/mol. The summed E-state index contributed by atoms with van der Waals surface area (Å²) in [7, 11) is 1.65. The number of carbonyl (C=O) groups excluding carboxylic acids is 2. The molecule has 2 N–H and O–H groups in total. The minimum absolute atomic E-state index is 0. The van der Waals surface area contributed by atoms with Crippen molar-refractivity contribution in [2.75, 3.05) is 25.5 Å². The first-order chi connectivity index (χ1) is 10.0. The zero-order valence-electron chi connectivity index (χ0n) is 12.5. The Bertz CT molecular complexity index is 519. The van der Waals surface area contributed by atoms with E-state index >= 15 is 0 Å². The highest BCUT2D eigenvalue weighted by atomic mass is 35.5. The fourth-order valence-electron chi connectivity index (χ4n) is 2.37. The largest absolute Gasteiger partial charge is 0.336 e. The lowest BCUT2D eigenvalue weighted by Crippen LogP contribution is -2.38. The Morgan fingerprint density at radius 1 is 1.45 bits per heavy atom. The molecular formula is C15H21Cl2N3O2. The van der Waals surface area contributed by atoms with Gasteiger partial charge in [-0.05, 0) is 37.6 Å². The SMILES string of the molecule is CN(CC(=O)Nc1cccc(Cl)c1)C(=O)CC1CCCN1.Cl. The topological polar surface area (TPSA) is 61.4 Å². The first-order valence-corrected chi connectivity index (χ1v) is 7.45. The van der Waals surface area contributed by atoms with Gasteiger partial charge in [0.05, 0.1) is 6.54 Å². The van der Waals surface area contributed by atoms with Crippen LogP contribution in [-0.2, 0) is 9.59 Å². The molecule has 1 heterocycles. The molecule has 22 heavy (non-hydrogen) atoms. The van der Waals surface area contributed by atoms with E-state index in [0.717, 1.165) is 19.4 Å². The van der Waals surface area contributed by atoms with Gasteiger partial charge in [-0.15, -0.1) is 12.4 Å². The van der Waals surface area contributed by atoms with Crippen LogP contribution in [0, 0.1) is 0 Å². The van der Waals surface area contributed by atoms with Crippen molar-refractivity contribution in [1.82, 2.24) is 10.2 Å². The van der Waals surface area contributed by atoms with E-state index in [4.69, 9.17) is 11.6 Å². The van der Waals surface area contributed by atoms with Gasteiger partial charge >= 0.3 is 0 Å². The average Bonchev–Trinajstić information content (AvgIpc) is 2.91. The van der Waals surface area contributed by atoms with Crippen LogP contribution in [-0.4, -0.2) is 42.9 Å². The molecule has 1 saturated heterocycles. The summed E-state index contributed by atoms with van der Waals surface area (Å²) < 4.78 is 0. The summed E-state index contributed by atoms with van der Waals surface area (Å²) in [5.41, 5.74) is 0.630. The van der Waals surface area contributed by atoms with Crippen molar-refractivity contribution >= 4 is 41.5 Å². The van der Waals surface area contributed by atoms with E-state index in [1.165, 1.54) is 4.90 Å². The highest BCUT2D eigenvalue weighted by Crippen LogP contribution is 2.15. The predicted octanol–water partition coefficient (Wildman–Crippen LogP) is 2.30. The van der Waals surface area contributed by atoms with Crippen molar-refractivity contribution in [2.45, 2.75) is 25.3 Å². The van der Waals surface area contributed by atoms with Crippen LogP contribution in [0.5, 0.6) is 0 Å². The van der Waals surface area contributed by atoms with Gasteiger partial charge in [0.1, 0.15) is 0 Å². The Morgan fingerprint density at radius 2 is 2.23 bits per heavy atom. The number of nitrogens with zero attached hydrogens (tertiary/aromatic N) is 1. The lowest BCUT2D eigenvalue weighted by atomic mass is 10.1. The number of hydrogen-bond acceptors (Lipinski definition) is 3. The van der Waals surface area contributed by atoms with Crippen LogP contribution in [0.1, 0.15) is 19.3 Å². The van der Waals surface area contributed by atoms with Crippen LogP contribution in [0.15, 0.2) is 24.3 Å². The third-order valence-electron chi connectivity index (χ3n) is 3.50. The summed E-state index contributed by atoms with van der Waals surface area (Å²) >= 11 is 5.86. The molecule has 1 unspecified atom stereocenters. The second-order valence-corrected chi connectivity index (χ2v) is 5.74. The Morgan fingerprint density at radius 3 is 2.86 bits per heavy atom. The fraction of sp³-hybridized carbons (Fsp3) is 0.467. The van der Waals surface area contributed by atoms with Crippen LogP contribution in [0.3, 0.4) is 0 Å². The summed E-state index contributed by atoms with van der Waals surface area (Å²) in [5, 5.41) is 6.57. The van der Waals surface area contributed by atoms with Gasteiger partial charge in [0.25, 0.3) is 0 Å². The molecule has 2 amide bonds. The average molecular weight is 346 g/mol. The quantitative estimate of drug-likeness (QED) is 0.860. The molecule has 0 aliphatic carbocycles. The molecule has 1 aliphatic heterocycles. The van der Waals surface area contributed by atoms with E-state index in [1.807, 2.05) is 0 Å². The number of nitrogens with one attached hydrogen (secondary N) is 2. The van der Waals surface area contributed by atoms with Gasteiger partial charge in [-0.25, -0.2) is 0 Å². The van der Waals surface area contributed by atoms with E-state index < -0.39 is 0 Å². The summed E-state index contributed by atoms with van der Waals surface area (Å²) in [6, 6.07) is 7.17. The first-order valence-electron chi connectivity index (χ1n) is 7.07. The van der Waals surface area contributed by atoms with Gasteiger partial charge in [-0.3, -0.25) is 9.59 Å². The molecule has 0 bridgehead atoms. The second-order valence-electron chi connectivity index (χ2n) is 5.31. The number of hydrogen-bond donors (Lipinski definition) is 2. The van der Waals surface area contributed by atoms with E-state index in [1.54, 1.807) is 31.3 Å². The number of likely N-dealkylation sites (N-methyl/N-ethyl adjacent to an activating group) is 1. The molecule has 122 valence electrons. The highest BCUT2D eigenvalue weighted by Gasteiger charge is 2.20. The third kappa shape index (κ3) is 5.83. The maximum atomic E-state index is 12.0. The molecule has 0 spiro atoms. The minimum Gasteiger partial charge on any atom is -0.336 e. The van der Waals surface area contributed by atoms with Gasteiger partial charge in [-0.2, -0.15) is 0 Å². The molecule has 0 saturated carbocycles. The van der Waals surface area contributed by atoms with Crippen molar-refractivity contribution in [1.29, 1.82) is 0 Å². The number of carbonyl (C=O) groups is 2. The molecule has 1 aromatic carbocycles. The standard InChI is InChI=1S/C15H20ClN3O2.ClH/c1-19(15(21)9-12-6-3-7-17-12)10-14(20)18-13-5-2-4-11(16)8-13;/h2,4-5,8,12,17H,3,6-7,9-10H2,1H3,(H,18,20);1H. The second kappa shape index (κ2) is 8.98. The van der Waals surface area contributed by atoms with Crippen molar-refractivity contribution in [3.05, 3.63) is 29.3 Å². The zero-order chi connectivity index (χ0) is 15.2. The number of anilines is 1. The third-order valence-corrected chi connectivity index (χ3v) is 3.73. The van der Waals surface area contributed by atoms with Crippen LogP contribution in [0.4, 0.5) is 5.69 Å². The first kappa shape index (κ1) is 18.7. The highest BCUT2D eigenvalue weighted by molar-refractivity contribution is 6.30. The number of halogens is 2. The zero-order valence-corrected chi connectivity index (χ0v) is 14.0. The molecule has 5 nitrogen and oxygen atoms in total. The molecule has 1 atom stereocenters. The molecule has 1 aromatic rings. The maximum absolute atomic E-state index is 12.0. The molecule has 0 radical (unpaired) electrons. The van der Waals surface area contributed by atoms with Crippen LogP contribution >= 0.6 is 24.0 Å². The number of amides is 2. The summed E-state index contributed by atoms with van der Waals surface area (Å²) in [6.45, 7) is 1.01. The van der Waals surface area contributed by atoms with E-state index in [2.05, 4.69) is 10.6 Å².